The van der Waals surface area contributed by atoms with Crippen molar-refractivity contribution in [2.45, 2.75) is 218 Å². The molecular formula is C56H78N2S2. The summed E-state index contributed by atoms with van der Waals surface area (Å²) in [6.45, 7) is 9.40. The Hall–Kier alpha value is -2.82. The average Bonchev–Trinajstić information content (AvgIpc) is 4.03. The van der Waals surface area contributed by atoms with Crippen LogP contribution in [0.1, 0.15) is 230 Å². The number of fused-ring (bicyclic) bond motifs is 8. The molecule has 2 aliphatic carbocycles. The Kier molecular flexibility index (Phi) is 17.0. The number of hydrogen-bond acceptors (Lipinski definition) is 4. The summed E-state index contributed by atoms with van der Waals surface area (Å²) in [4.78, 5) is 3.26. The van der Waals surface area contributed by atoms with Crippen LogP contribution in [0.15, 0.2) is 60.7 Å². The van der Waals surface area contributed by atoms with E-state index in [1.165, 1.54) is 203 Å². The van der Waals surface area contributed by atoms with Crippen molar-refractivity contribution >= 4 is 34.1 Å². The highest BCUT2D eigenvalue weighted by molar-refractivity contribution is 7.19. The number of nitrogens with zero attached hydrogens (tertiary/aromatic N) is 2. The molecule has 0 saturated carbocycles. The highest BCUT2D eigenvalue weighted by Crippen LogP contribution is 2.67. The Morgan fingerprint density at radius 3 is 1.40 bits per heavy atom. The van der Waals surface area contributed by atoms with Gasteiger partial charge >= 0.3 is 0 Å². The molecule has 3 aromatic carbocycles. The maximum absolute atomic E-state index is 4.85. The smallest absolute Gasteiger partial charge is 0.112 e. The molecule has 0 fully saturated rings. The molecule has 0 amide bonds. The summed E-state index contributed by atoms with van der Waals surface area (Å²) in [5.41, 5.74) is 14.8. The van der Waals surface area contributed by atoms with Gasteiger partial charge < -0.3 is 0 Å². The summed E-state index contributed by atoms with van der Waals surface area (Å²) in [7, 11) is 0. The largest absolute Gasteiger partial charge is 0.173 e. The lowest BCUT2D eigenvalue weighted by atomic mass is 9.63. The van der Waals surface area contributed by atoms with E-state index in [0.29, 0.717) is 0 Å². The van der Waals surface area contributed by atoms with Crippen LogP contribution < -0.4 is 0 Å². The number of unbranched alkanes of at least 4 members (excludes halogenated alkanes) is 20. The lowest BCUT2D eigenvalue weighted by Gasteiger charge is -2.39. The molecule has 2 aliphatic rings. The van der Waals surface area contributed by atoms with Gasteiger partial charge in [0.15, 0.2) is 0 Å². The van der Waals surface area contributed by atoms with Crippen molar-refractivity contribution in [2.75, 3.05) is 0 Å². The SMILES string of the molecule is CCCCCCCCC1(CCCCCCCC)c2ccccc2-c2sc3c(c21)C(CCCCCCCC)(CCCCCCCC)c1cc(-c2cccc4nsnc24)ccc1-3. The van der Waals surface area contributed by atoms with Gasteiger partial charge in [-0.3, -0.25) is 0 Å². The van der Waals surface area contributed by atoms with Gasteiger partial charge in [-0.1, -0.05) is 230 Å². The molecule has 5 aromatic rings. The van der Waals surface area contributed by atoms with E-state index in [-0.39, 0.29) is 10.8 Å². The quantitative estimate of drug-likeness (QED) is 0.0448. The molecule has 324 valence electrons. The number of hydrogen-bond donors (Lipinski definition) is 0. The molecule has 7 rings (SSSR count). The first-order valence-electron chi connectivity index (χ1n) is 25.3. The van der Waals surface area contributed by atoms with Crippen LogP contribution >= 0.6 is 23.1 Å². The van der Waals surface area contributed by atoms with Gasteiger partial charge in [0.1, 0.15) is 11.0 Å². The van der Waals surface area contributed by atoms with Crippen molar-refractivity contribution in [3.8, 4) is 32.0 Å². The third-order valence-electron chi connectivity index (χ3n) is 14.8. The number of aromatic nitrogens is 2. The summed E-state index contributed by atoms with van der Waals surface area (Å²) in [6.07, 6.45) is 37.6. The summed E-state index contributed by atoms with van der Waals surface area (Å²) in [5, 5.41) is 0. The Bertz CT molecular complexity index is 2030. The highest BCUT2D eigenvalue weighted by atomic mass is 32.1. The van der Waals surface area contributed by atoms with E-state index in [2.05, 4.69) is 104 Å². The van der Waals surface area contributed by atoms with Gasteiger partial charge in [-0.15, -0.1) is 11.3 Å². The maximum Gasteiger partial charge on any atom is 0.112 e. The van der Waals surface area contributed by atoms with Crippen LogP contribution in [-0.4, -0.2) is 8.75 Å². The first-order valence-corrected chi connectivity index (χ1v) is 26.8. The molecule has 60 heavy (non-hydrogen) atoms. The normalized spacial score (nSPS) is 14.5. The van der Waals surface area contributed by atoms with Crippen LogP contribution in [-0.2, 0) is 10.8 Å². The van der Waals surface area contributed by atoms with Crippen LogP contribution in [0, 0.1) is 0 Å². The molecule has 0 unspecified atom stereocenters. The fraction of sp³-hybridized carbons (Fsp3) is 0.607. The molecule has 2 nitrogen and oxygen atoms in total. The zero-order chi connectivity index (χ0) is 41.6. The van der Waals surface area contributed by atoms with Crippen molar-refractivity contribution < 1.29 is 0 Å². The van der Waals surface area contributed by atoms with Gasteiger partial charge in [0.2, 0.25) is 0 Å². The Morgan fingerprint density at radius 2 is 0.867 bits per heavy atom. The van der Waals surface area contributed by atoms with E-state index in [1.54, 1.807) is 43.1 Å². The molecule has 0 bridgehead atoms. The first-order chi connectivity index (χ1) is 29.6. The van der Waals surface area contributed by atoms with E-state index in [0.717, 1.165) is 11.0 Å². The molecule has 0 N–H and O–H groups in total. The zero-order valence-corrected chi connectivity index (χ0v) is 39.9. The van der Waals surface area contributed by atoms with E-state index in [4.69, 9.17) is 4.37 Å². The van der Waals surface area contributed by atoms with Crippen molar-refractivity contribution in [1.82, 2.24) is 8.75 Å². The maximum atomic E-state index is 4.85. The molecule has 4 heteroatoms. The molecule has 0 saturated heterocycles. The van der Waals surface area contributed by atoms with Crippen molar-refractivity contribution in [1.29, 1.82) is 0 Å². The summed E-state index contributed by atoms with van der Waals surface area (Å²) >= 11 is 3.54. The minimum atomic E-state index is 0.0318. The van der Waals surface area contributed by atoms with Crippen molar-refractivity contribution in [2.24, 2.45) is 0 Å². The molecular weight excluding hydrogens is 765 g/mol. The molecule has 2 aromatic heterocycles. The highest BCUT2D eigenvalue weighted by Gasteiger charge is 2.53. The number of benzene rings is 3. The van der Waals surface area contributed by atoms with Crippen LogP contribution in [0.25, 0.3) is 43.0 Å². The lowest BCUT2D eigenvalue weighted by Crippen LogP contribution is -2.32. The second kappa shape index (κ2) is 22.5. The molecule has 2 heterocycles. The molecule has 0 atom stereocenters. The van der Waals surface area contributed by atoms with Crippen molar-refractivity contribution in [3.05, 3.63) is 82.9 Å². The van der Waals surface area contributed by atoms with Crippen molar-refractivity contribution in [3.63, 3.8) is 0 Å². The first kappa shape index (κ1) is 45.2. The van der Waals surface area contributed by atoms with Crippen LogP contribution in [0.4, 0.5) is 0 Å². The minimum absolute atomic E-state index is 0.0318. The van der Waals surface area contributed by atoms with Gasteiger partial charge in [0.25, 0.3) is 0 Å². The Morgan fingerprint density at radius 1 is 0.417 bits per heavy atom. The zero-order valence-electron chi connectivity index (χ0n) is 38.3. The number of thiophene rings is 1. The standard InChI is InChI=1S/C56H78N2S2/c1-5-9-13-17-21-27-38-55(39-28-22-18-14-10-6-2)47-34-26-25-32-45(47)53-50(55)51-54(59-53)46-37-36-43(44-33-31-35-49-52(44)58-60-57-49)42-48(46)56(51,40-29-23-19-15-11-7-3)41-30-24-20-16-12-8-4/h25-26,31-37,42H,5-24,27-30,38-41H2,1-4H3. The van der Waals surface area contributed by atoms with E-state index >= 15 is 0 Å². The molecule has 0 aliphatic heterocycles. The van der Waals surface area contributed by atoms with Crippen LogP contribution in [0.3, 0.4) is 0 Å². The molecule has 0 spiro atoms. The fourth-order valence-electron chi connectivity index (χ4n) is 11.6. The van der Waals surface area contributed by atoms with E-state index in [1.807, 2.05) is 0 Å². The fourth-order valence-corrected chi connectivity index (χ4v) is 13.7. The predicted molar refractivity (Wildman–Crippen MR) is 265 cm³/mol. The summed E-state index contributed by atoms with van der Waals surface area (Å²) in [5.74, 6) is 0. The average molecular weight is 843 g/mol. The van der Waals surface area contributed by atoms with E-state index in [9.17, 15) is 0 Å². The third kappa shape index (κ3) is 9.71. The molecule has 0 radical (unpaired) electrons. The predicted octanol–water partition coefficient (Wildman–Crippen LogP) is 19.0. The summed E-state index contributed by atoms with van der Waals surface area (Å²) < 4.78 is 9.52. The third-order valence-corrected chi connectivity index (χ3v) is 16.6. The van der Waals surface area contributed by atoms with Gasteiger partial charge in [-0.05, 0) is 76.8 Å². The van der Waals surface area contributed by atoms with Crippen LogP contribution in [0.5, 0.6) is 0 Å². The van der Waals surface area contributed by atoms with Gasteiger partial charge in [-0.25, -0.2) is 0 Å². The monoisotopic (exact) mass is 843 g/mol. The minimum Gasteiger partial charge on any atom is -0.173 e. The van der Waals surface area contributed by atoms with Gasteiger partial charge in [-0.2, -0.15) is 8.75 Å². The van der Waals surface area contributed by atoms with Gasteiger partial charge in [0, 0.05) is 26.1 Å². The second-order valence-corrected chi connectivity index (χ2v) is 20.5. The van der Waals surface area contributed by atoms with Gasteiger partial charge in [0.05, 0.1) is 11.7 Å². The lowest BCUT2D eigenvalue weighted by molar-refractivity contribution is 0.369. The summed E-state index contributed by atoms with van der Waals surface area (Å²) in [6, 6.07) is 24.1. The number of rotatable bonds is 29. The Labute approximate surface area is 374 Å². The van der Waals surface area contributed by atoms with Crippen LogP contribution in [0.2, 0.25) is 0 Å². The second-order valence-electron chi connectivity index (χ2n) is 19.0. The topological polar surface area (TPSA) is 25.8 Å². The van der Waals surface area contributed by atoms with E-state index < -0.39 is 0 Å². The Balaban J connectivity index is 1.38.